The molecule has 236 valence electrons. The summed E-state index contributed by atoms with van der Waals surface area (Å²) in [5.74, 6) is 1.56. The lowest BCUT2D eigenvalue weighted by molar-refractivity contribution is 0.0908. The van der Waals surface area contributed by atoms with Crippen molar-refractivity contribution in [3.05, 3.63) is 83.6 Å². The Labute approximate surface area is 263 Å². The van der Waals surface area contributed by atoms with E-state index in [0.717, 1.165) is 51.4 Å². The van der Waals surface area contributed by atoms with E-state index in [-0.39, 0.29) is 13.2 Å². The zero-order valence-electron chi connectivity index (χ0n) is 25.8. The van der Waals surface area contributed by atoms with Crippen molar-refractivity contribution in [2.45, 2.75) is 25.6 Å². The third-order valence-electron chi connectivity index (χ3n) is 8.43. The van der Waals surface area contributed by atoms with Crippen molar-refractivity contribution in [2.75, 3.05) is 69.8 Å². The minimum atomic E-state index is -1.02. The van der Waals surface area contributed by atoms with Gasteiger partial charge in [0.05, 0.1) is 24.9 Å². The molecule has 0 bridgehead atoms. The van der Waals surface area contributed by atoms with Crippen molar-refractivity contribution in [1.29, 1.82) is 0 Å². The lowest BCUT2D eigenvalue weighted by atomic mass is 10.0. The standard InChI is InChI=1S/C34H40N6O5/c1-37(2)16-17-44-33-35-30-21-38(13-12-29(30)32(36-33)39-14-15-40(34(42)43)26(20-39)22-41)31-19-27(18-25-10-6-7-11-28(25)31)45-23-24-8-4-3-5-9-24/h3-11,18-19,26,41H,12-17,20-23H2,1-2H3,(H,42,43). The maximum absolute atomic E-state index is 11.8. The molecule has 1 atom stereocenters. The second-order valence-corrected chi connectivity index (χ2v) is 11.8. The van der Waals surface area contributed by atoms with Gasteiger partial charge in [0.25, 0.3) is 0 Å². The normalized spacial score (nSPS) is 16.6. The van der Waals surface area contributed by atoms with Crippen molar-refractivity contribution in [2.24, 2.45) is 0 Å². The van der Waals surface area contributed by atoms with E-state index in [0.29, 0.717) is 51.8 Å². The molecular weight excluding hydrogens is 572 g/mol. The number of benzene rings is 3. The summed E-state index contributed by atoms with van der Waals surface area (Å²) in [6.07, 6.45) is -0.321. The molecule has 3 heterocycles. The van der Waals surface area contributed by atoms with Gasteiger partial charge in [0.15, 0.2) is 0 Å². The summed E-state index contributed by atoms with van der Waals surface area (Å²) in [6, 6.07) is 22.5. The summed E-state index contributed by atoms with van der Waals surface area (Å²) < 4.78 is 12.3. The predicted molar refractivity (Wildman–Crippen MR) is 173 cm³/mol. The maximum Gasteiger partial charge on any atom is 0.407 e. The van der Waals surface area contributed by atoms with Crippen molar-refractivity contribution in [3.8, 4) is 11.8 Å². The first kappa shape index (κ1) is 30.4. The fourth-order valence-electron chi connectivity index (χ4n) is 6.04. The van der Waals surface area contributed by atoms with Crippen LogP contribution in [0, 0.1) is 0 Å². The Morgan fingerprint density at radius 2 is 1.78 bits per heavy atom. The van der Waals surface area contributed by atoms with Gasteiger partial charge in [-0.15, -0.1) is 0 Å². The number of fused-ring (bicyclic) bond motifs is 2. The maximum atomic E-state index is 11.8. The van der Waals surface area contributed by atoms with Crippen molar-refractivity contribution in [1.82, 2.24) is 19.8 Å². The van der Waals surface area contributed by atoms with Gasteiger partial charge in [0.1, 0.15) is 24.8 Å². The zero-order valence-corrected chi connectivity index (χ0v) is 25.8. The molecule has 0 spiro atoms. The molecule has 0 aliphatic carbocycles. The number of ether oxygens (including phenoxy) is 2. The largest absolute Gasteiger partial charge is 0.489 e. The number of aliphatic hydroxyl groups is 1. The number of likely N-dealkylation sites (N-methyl/N-ethyl adjacent to an activating group) is 1. The second-order valence-electron chi connectivity index (χ2n) is 11.8. The van der Waals surface area contributed by atoms with Crippen molar-refractivity contribution in [3.63, 3.8) is 0 Å². The summed E-state index contributed by atoms with van der Waals surface area (Å²) in [4.78, 5) is 29.3. The van der Waals surface area contributed by atoms with Gasteiger partial charge in [0.2, 0.25) is 0 Å². The Morgan fingerprint density at radius 1 is 0.978 bits per heavy atom. The second kappa shape index (κ2) is 13.6. The SMILES string of the molecule is CN(C)CCOc1nc2c(c(N3CCN(C(=O)O)C(CO)C3)n1)CCN(c1cc(OCc3ccccc3)cc3ccccc13)C2. The molecule has 1 saturated heterocycles. The highest BCUT2D eigenvalue weighted by Crippen LogP contribution is 2.37. The molecular formula is C34H40N6O5. The van der Waals surface area contributed by atoms with Gasteiger partial charge in [0, 0.05) is 55.4 Å². The molecule has 0 radical (unpaired) electrons. The van der Waals surface area contributed by atoms with E-state index in [1.165, 1.54) is 4.90 Å². The fraction of sp³-hybridized carbons (Fsp3) is 0.382. The number of hydrogen-bond acceptors (Lipinski definition) is 9. The number of amides is 1. The van der Waals surface area contributed by atoms with Gasteiger partial charge in [-0.25, -0.2) is 4.79 Å². The van der Waals surface area contributed by atoms with Crippen LogP contribution in [0.15, 0.2) is 66.7 Å². The summed E-state index contributed by atoms with van der Waals surface area (Å²) in [6.45, 7) is 3.77. The first-order valence-electron chi connectivity index (χ1n) is 15.4. The fourth-order valence-corrected chi connectivity index (χ4v) is 6.04. The minimum absolute atomic E-state index is 0.258. The number of anilines is 2. The predicted octanol–water partition coefficient (Wildman–Crippen LogP) is 3.87. The smallest absolute Gasteiger partial charge is 0.407 e. The summed E-state index contributed by atoms with van der Waals surface area (Å²) in [7, 11) is 3.97. The molecule has 0 saturated carbocycles. The molecule has 2 N–H and O–H groups in total. The lowest BCUT2D eigenvalue weighted by Crippen LogP contribution is -2.57. The molecule has 4 aromatic rings. The molecule has 1 unspecified atom stereocenters. The summed E-state index contributed by atoms with van der Waals surface area (Å²) in [5, 5.41) is 21.9. The van der Waals surface area contributed by atoms with Crippen LogP contribution in [0.25, 0.3) is 10.8 Å². The average molecular weight is 613 g/mol. The van der Waals surface area contributed by atoms with Crippen LogP contribution in [0.1, 0.15) is 16.8 Å². The highest BCUT2D eigenvalue weighted by atomic mass is 16.5. The molecule has 6 rings (SSSR count). The summed E-state index contributed by atoms with van der Waals surface area (Å²) >= 11 is 0. The summed E-state index contributed by atoms with van der Waals surface area (Å²) in [5.41, 5.74) is 4.10. The third kappa shape index (κ3) is 6.89. The number of piperazine rings is 1. The van der Waals surface area contributed by atoms with Crippen LogP contribution in [0.4, 0.5) is 16.3 Å². The van der Waals surface area contributed by atoms with E-state index in [9.17, 15) is 15.0 Å². The number of aliphatic hydroxyl groups excluding tert-OH is 1. The van der Waals surface area contributed by atoms with E-state index >= 15 is 0 Å². The van der Waals surface area contributed by atoms with E-state index in [4.69, 9.17) is 19.4 Å². The number of hydrogen-bond donors (Lipinski definition) is 2. The monoisotopic (exact) mass is 612 g/mol. The van der Waals surface area contributed by atoms with Crippen LogP contribution in [-0.4, -0.2) is 102 Å². The Bertz CT molecular complexity index is 1630. The molecule has 2 aliphatic rings. The minimum Gasteiger partial charge on any atom is -0.489 e. The molecule has 1 fully saturated rings. The lowest BCUT2D eigenvalue weighted by Gasteiger charge is -2.41. The Balaban J connectivity index is 1.32. The molecule has 3 aromatic carbocycles. The average Bonchev–Trinajstić information content (AvgIpc) is 3.06. The van der Waals surface area contributed by atoms with Crippen molar-refractivity contribution < 1.29 is 24.5 Å². The van der Waals surface area contributed by atoms with Gasteiger partial charge in [-0.2, -0.15) is 9.97 Å². The van der Waals surface area contributed by atoms with E-state index in [2.05, 4.69) is 52.3 Å². The molecule has 2 aliphatic heterocycles. The van der Waals surface area contributed by atoms with E-state index in [1.807, 2.05) is 43.3 Å². The van der Waals surface area contributed by atoms with Gasteiger partial charge in [-0.05, 0) is 37.5 Å². The number of carbonyl (C=O) groups is 1. The number of nitrogens with zero attached hydrogens (tertiary/aromatic N) is 6. The van der Waals surface area contributed by atoms with Crippen LogP contribution < -0.4 is 19.3 Å². The number of rotatable bonds is 10. The van der Waals surface area contributed by atoms with Crippen LogP contribution in [-0.2, 0) is 19.6 Å². The van der Waals surface area contributed by atoms with Crippen molar-refractivity contribution >= 4 is 28.4 Å². The highest BCUT2D eigenvalue weighted by Gasteiger charge is 2.33. The van der Waals surface area contributed by atoms with Crippen LogP contribution in [0.5, 0.6) is 11.8 Å². The number of aromatic nitrogens is 2. The van der Waals surface area contributed by atoms with Gasteiger partial charge in [-0.3, -0.25) is 4.90 Å². The first-order valence-corrected chi connectivity index (χ1v) is 15.4. The topological polar surface area (TPSA) is 115 Å². The molecule has 1 aromatic heterocycles. The molecule has 11 nitrogen and oxygen atoms in total. The quantitative estimate of drug-likeness (QED) is 0.274. The van der Waals surface area contributed by atoms with Gasteiger partial charge in [-0.1, -0.05) is 54.6 Å². The van der Waals surface area contributed by atoms with Gasteiger partial charge >= 0.3 is 12.1 Å². The van der Waals surface area contributed by atoms with Gasteiger partial charge < -0.3 is 34.4 Å². The van der Waals surface area contributed by atoms with Crippen LogP contribution in [0.2, 0.25) is 0 Å². The zero-order chi connectivity index (χ0) is 31.3. The molecule has 11 heteroatoms. The van der Waals surface area contributed by atoms with E-state index < -0.39 is 12.1 Å². The Morgan fingerprint density at radius 3 is 2.56 bits per heavy atom. The Kier molecular flexibility index (Phi) is 9.18. The van der Waals surface area contributed by atoms with E-state index in [1.54, 1.807) is 0 Å². The third-order valence-corrected chi connectivity index (χ3v) is 8.43. The molecule has 1 amide bonds. The number of carboxylic acid groups (broad SMARTS) is 1. The van der Waals surface area contributed by atoms with Crippen LogP contribution >= 0.6 is 0 Å². The van der Waals surface area contributed by atoms with Crippen LogP contribution in [0.3, 0.4) is 0 Å². The molecule has 45 heavy (non-hydrogen) atoms. The highest BCUT2D eigenvalue weighted by molar-refractivity contribution is 5.95. The first-order chi connectivity index (χ1) is 21.9. The Hall–Kier alpha value is -4.61.